The molecule has 4 rings (SSSR count). The second-order valence-electron chi connectivity index (χ2n) is 7.86. The Hall–Kier alpha value is -3.85. The zero-order valence-corrected chi connectivity index (χ0v) is 21.5. The topological polar surface area (TPSA) is 87.3 Å². The fraction of sp³-hybridized carbons (Fsp3) is 0.217. The number of ether oxygens (including phenoxy) is 1. The van der Waals surface area contributed by atoms with Gasteiger partial charge in [0, 0.05) is 29.7 Å². The molecule has 4 aromatic rings. The number of hydrogen-bond donors (Lipinski definition) is 0. The number of carbonyl (C=O) groups is 1. The predicted octanol–water partition coefficient (Wildman–Crippen LogP) is 5.11. The highest BCUT2D eigenvalue weighted by molar-refractivity contribution is 9.10. The first-order chi connectivity index (χ1) is 17.8. The summed E-state index contributed by atoms with van der Waals surface area (Å²) in [6.45, 7) is 0. The fourth-order valence-corrected chi connectivity index (χ4v) is 3.95. The summed E-state index contributed by atoms with van der Waals surface area (Å²) in [7, 11) is 3.58. The number of hydrogen-bond acceptors (Lipinski definition) is 6. The van der Waals surface area contributed by atoms with Crippen LogP contribution in [0.3, 0.4) is 0 Å². The van der Waals surface area contributed by atoms with Gasteiger partial charge in [-0.25, -0.2) is 9.75 Å². The maximum atomic E-state index is 14.9. The first-order valence-electron chi connectivity index (χ1n) is 10.6. The lowest BCUT2D eigenvalue weighted by Crippen LogP contribution is -2.39. The Balaban J connectivity index is 1.78. The molecule has 0 unspecified atom stereocenters. The Morgan fingerprint density at radius 1 is 1.03 bits per heavy atom. The average molecular weight is 601 g/mol. The van der Waals surface area contributed by atoms with E-state index in [2.05, 4.69) is 40.9 Å². The third kappa shape index (κ3) is 5.38. The van der Waals surface area contributed by atoms with Gasteiger partial charge >= 0.3 is 18.2 Å². The van der Waals surface area contributed by atoms with Crippen LogP contribution >= 0.6 is 15.9 Å². The SMILES string of the molecule is CON(C)C(=O)C(F)(F)c1cc(-c2ccc(Br)cc2-n2nncc2-c2ccc(OC(F)(F)F)cc2)n(C)n1. The molecule has 9 nitrogen and oxygen atoms in total. The van der Waals surface area contributed by atoms with E-state index in [1.165, 1.54) is 34.7 Å². The zero-order chi connectivity index (χ0) is 27.8. The molecule has 0 aliphatic rings. The van der Waals surface area contributed by atoms with Crippen molar-refractivity contribution in [3.8, 4) is 34.0 Å². The lowest BCUT2D eigenvalue weighted by atomic mass is 10.1. The first kappa shape index (κ1) is 27.2. The molecule has 0 fully saturated rings. The zero-order valence-electron chi connectivity index (χ0n) is 19.9. The van der Waals surface area contributed by atoms with Crippen LogP contribution in [0.2, 0.25) is 0 Å². The standard InChI is InChI=1S/C23H18BrF5N6O3/c1-33-17(11-20(31-33)22(25,26)21(36)34(2)37-3)16-9-6-14(24)10-18(16)35-19(12-30-32-35)13-4-7-15(8-5-13)38-23(27,28)29/h4-12H,1-3H3. The number of halogens is 6. The molecular formula is C23H18BrF5N6O3. The number of benzene rings is 2. The maximum absolute atomic E-state index is 14.9. The van der Waals surface area contributed by atoms with Gasteiger partial charge in [0.15, 0.2) is 0 Å². The molecule has 2 aromatic heterocycles. The summed E-state index contributed by atoms with van der Waals surface area (Å²) < 4.78 is 74.5. The third-order valence-corrected chi connectivity index (χ3v) is 5.92. The Labute approximate surface area is 220 Å². The Kier molecular flexibility index (Phi) is 7.25. The number of amides is 1. The van der Waals surface area contributed by atoms with Crippen LogP contribution in [-0.2, 0) is 22.6 Å². The van der Waals surface area contributed by atoms with E-state index in [0.717, 1.165) is 32.4 Å². The molecule has 0 N–H and O–H groups in total. The number of hydroxylamine groups is 2. The van der Waals surface area contributed by atoms with Crippen molar-refractivity contribution in [3.05, 3.63) is 64.9 Å². The van der Waals surface area contributed by atoms with Gasteiger partial charge in [0.25, 0.3) is 0 Å². The van der Waals surface area contributed by atoms with Crippen molar-refractivity contribution in [2.45, 2.75) is 12.3 Å². The summed E-state index contributed by atoms with van der Waals surface area (Å²) >= 11 is 3.38. The quantitative estimate of drug-likeness (QED) is 0.216. The lowest BCUT2D eigenvalue weighted by molar-refractivity contribution is -0.274. The molecule has 15 heteroatoms. The lowest BCUT2D eigenvalue weighted by Gasteiger charge is -2.19. The van der Waals surface area contributed by atoms with Gasteiger partial charge in [-0.3, -0.25) is 14.3 Å². The molecule has 200 valence electrons. The number of likely N-dealkylation sites (N-methyl/N-ethyl adjacent to an activating group) is 1. The van der Waals surface area contributed by atoms with E-state index in [0.29, 0.717) is 32.0 Å². The molecule has 2 aromatic carbocycles. The Bertz CT molecular complexity index is 1470. The summed E-state index contributed by atoms with van der Waals surface area (Å²) in [4.78, 5) is 16.7. The number of aromatic nitrogens is 5. The van der Waals surface area contributed by atoms with Crippen LogP contribution in [0.15, 0.2) is 59.2 Å². The third-order valence-electron chi connectivity index (χ3n) is 5.43. The number of aryl methyl sites for hydroxylation is 1. The molecule has 0 saturated heterocycles. The minimum atomic E-state index is -4.83. The number of rotatable bonds is 7. The molecular weight excluding hydrogens is 583 g/mol. The van der Waals surface area contributed by atoms with Crippen LogP contribution in [0.5, 0.6) is 5.75 Å². The van der Waals surface area contributed by atoms with Crippen molar-refractivity contribution < 1.29 is 36.3 Å². The first-order valence-corrected chi connectivity index (χ1v) is 11.4. The number of carbonyl (C=O) groups excluding carboxylic acids is 1. The molecule has 1 amide bonds. The molecule has 0 radical (unpaired) electrons. The molecule has 0 saturated carbocycles. The van der Waals surface area contributed by atoms with Crippen LogP contribution in [0.1, 0.15) is 5.69 Å². The van der Waals surface area contributed by atoms with Crippen LogP contribution in [-0.4, -0.2) is 56.3 Å². The van der Waals surface area contributed by atoms with Gasteiger partial charge in [-0.15, -0.1) is 18.3 Å². The normalized spacial score (nSPS) is 12.0. The minimum absolute atomic E-state index is 0.227. The van der Waals surface area contributed by atoms with E-state index in [9.17, 15) is 26.7 Å². The largest absolute Gasteiger partial charge is 0.573 e. The van der Waals surface area contributed by atoms with Gasteiger partial charge in [0.2, 0.25) is 0 Å². The summed E-state index contributed by atoms with van der Waals surface area (Å²) in [6, 6.07) is 11.1. The van der Waals surface area contributed by atoms with Crippen molar-refractivity contribution in [1.29, 1.82) is 0 Å². The second kappa shape index (κ2) is 10.1. The van der Waals surface area contributed by atoms with E-state index in [1.54, 1.807) is 18.2 Å². The van der Waals surface area contributed by atoms with Crippen LogP contribution < -0.4 is 4.74 Å². The Morgan fingerprint density at radius 3 is 2.34 bits per heavy atom. The molecule has 38 heavy (non-hydrogen) atoms. The van der Waals surface area contributed by atoms with Crippen molar-refractivity contribution in [3.63, 3.8) is 0 Å². The molecule has 0 aliphatic heterocycles. The van der Waals surface area contributed by atoms with Crippen LogP contribution in [0.4, 0.5) is 22.0 Å². The van der Waals surface area contributed by atoms with Gasteiger partial charge in [0.05, 0.1) is 30.4 Å². The summed E-state index contributed by atoms with van der Waals surface area (Å²) in [5, 5.41) is 12.3. The van der Waals surface area contributed by atoms with Crippen molar-refractivity contribution in [2.24, 2.45) is 7.05 Å². The van der Waals surface area contributed by atoms with E-state index in [4.69, 9.17) is 0 Å². The van der Waals surface area contributed by atoms with E-state index in [1.807, 2.05) is 0 Å². The highest BCUT2D eigenvalue weighted by atomic mass is 79.9. The van der Waals surface area contributed by atoms with Gasteiger partial charge in [0.1, 0.15) is 11.4 Å². The average Bonchev–Trinajstić information content (AvgIpc) is 3.50. The van der Waals surface area contributed by atoms with E-state index >= 15 is 0 Å². The fourth-order valence-electron chi connectivity index (χ4n) is 3.60. The van der Waals surface area contributed by atoms with Gasteiger partial charge < -0.3 is 4.74 Å². The predicted molar refractivity (Wildman–Crippen MR) is 127 cm³/mol. The van der Waals surface area contributed by atoms with Crippen LogP contribution in [0.25, 0.3) is 28.2 Å². The smallest absolute Gasteiger partial charge is 0.406 e. The molecule has 0 atom stereocenters. The highest BCUT2D eigenvalue weighted by Crippen LogP contribution is 2.36. The Morgan fingerprint density at radius 2 is 1.71 bits per heavy atom. The number of nitrogens with zero attached hydrogens (tertiary/aromatic N) is 6. The molecule has 0 aliphatic carbocycles. The summed E-state index contributed by atoms with van der Waals surface area (Å²) in [6.07, 6.45) is -3.44. The van der Waals surface area contributed by atoms with Crippen LogP contribution in [0, 0.1) is 0 Å². The number of alkyl halides is 5. The van der Waals surface area contributed by atoms with E-state index in [-0.39, 0.29) is 5.69 Å². The van der Waals surface area contributed by atoms with Gasteiger partial charge in [-0.1, -0.05) is 21.1 Å². The second-order valence-corrected chi connectivity index (χ2v) is 8.78. The molecule has 2 heterocycles. The van der Waals surface area contributed by atoms with E-state index < -0.39 is 29.6 Å². The highest BCUT2D eigenvalue weighted by Gasteiger charge is 2.46. The maximum Gasteiger partial charge on any atom is 0.573 e. The van der Waals surface area contributed by atoms with Gasteiger partial charge in [-0.05, 0) is 48.5 Å². The summed E-state index contributed by atoms with van der Waals surface area (Å²) in [5.41, 5.74) is 1.08. The summed E-state index contributed by atoms with van der Waals surface area (Å²) in [5.74, 6) is -5.98. The minimum Gasteiger partial charge on any atom is -0.406 e. The molecule has 0 bridgehead atoms. The van der Waals surface area contributed by atoms with Crippen molar-refractivity contribution in [2.75, 3.05) is 14.2 Å². The van der Waals surface area contributed by atoms with Crippen molar-refractivity contribution >= 4 is 21.8 Å². The molecule has 0 spiro atoms. The monoisotopic (exact) mass is 600 g/mol. The van der Waals surface area contributed by atoms with Gasteiger partial charge in [-0.2, -0.15) is 13.9 Å². The van der Waals surface area contributed by atoms with Crippen molar-refractivity contribution in [1.82, 2.24) is 29.8 Å².